The third-order valence-electron chi connectivity index (χ3n) is 4.21. The zero-order valence-electron chi connectivity index (χ0n) is 13.4. The van der Waals surface area contributed by atoms with E-state index in [0.29, 0.717) is 6.54 Å². The first kappa shape index (κ1) is 15.3. The fourth-order valence-electron chi connectivity index (χ4n) is 2.85. The van der Waals surface area contributed by atoms with Gasteiger partial charge in [0.25, 0.3) is 0 Å². The smallest absolute Gasteiger partial charge is 0.318 e. The first-order valence-corrected chi connectivity index (χ1v) is 7.97. The average Bonchev–Trinajstić information content (AvgIpc) is 3.20. The van der Waals surface area contributed by atoms with Crippen molar-refractivity contribution >= 4 is 12.1 Å². The summed E-state index contributed by atoms with van der Waals surface area (Å²) in [6.07, 6.45) is 9.80. The molecule has 2 heterocycles. The highest BCUT2D eigenvalue weighted by molar-refractivity contribution is 5.75. The maximum absolute atomic E-state index is 12.4. The van der Waals surface area contributed by atoms with Crippen molar-refractivity contribution < 1.29 is 4.79 Å². The molecule has 2 amide bonds. The van der Waals surface area contributed by atoms with Gasteiger partial charge in [-0.2, -0.15) is 0 Å². The number of aryl methyl sites for hydroxylation is 1. The normalized spacial score (nSPS) is 17.8. The van der Waals surface area contributed by atoms with E-state index >= 15 is 0 Å². The molecule has 1 saturated heterocycles. The molecule has 5 nitrogen and oxygen atoms in total. The molecule has 0 bridgehead atoms. The molecule has 1 fully saturated rings. The Morgan fingerprint density at radius 1 is 1.39 bits per heavy atom. The van der Waals surface area contributed by atoms with Gasteiger partial charge in [-0.1, -0.05) is 42.5 Å². The highest BCUT2D eigenvalue weighted by Gasteiger charge is 2.26. The molecule has 1 aromatic heterocycles. The van der Waals surface area contributed by atoms with Gasteiger partial charge >= 0.3 is 6.03 Å². The molecule has 1 unspecified atom stereocenters. The fourth-order valence-corrected chi connectivity index (χ4v) is 2.85. The van der Waals surface area contributed by atoms with Crippen molar-refractivity contribution in [3.05, 3.63) is 60.2 Å². The van der Waals surface area contributed by atoms with Crippen molar-refractivity contribution in [2.24, 2.45) is 7.05 Å². The highest BCUT2D eigenvalue weighted by Crippen LogP contribution is 2.19. The molecule has 1 aromatic carbocycles. The van der Waals surface area contributed by atoms with E-state index in [9.17, 15) is 4.79 Å². The van der Waals surface area contributed by atoms with Crippen LogP contribution in [0, 0.1) is 0 Å². The largest absolute Gasteiger partial charge is 0.336 e. The standard InChI is InChI=1S/C18H22N4O/c1-21-14-19-12-17(21)13-20-18(23)22-11-5-8-16(22)10-9-15-6-3-2-4-7-15/h2-4,6-7,9-10,12,14,16H,5,8,11,13H2,1H3,(H,20,23)/b10-9+. The summed E-state index contributed by atoms with van der Waals surface area (Å²) in [5, 5.41) is 2.99. The van der Waals surface area contributed by atoms with Crippen molar-refractivity contribution in [1.29, 1.82) is 0 Å². The van der Waals surface area contributed by atoms with E-state index in [1.54, 1.807) is 12.5 Å². The van der Waals surface area contributed by atoms with E-state index in [-0.39, 0.29) is 12.1 Å². The summed E-state index contributed by atoms with van der Waals surface area (Å²) in [7, 11) is 1.93. The highest BCUT2D eigenvalue weighted by atomic mass is 16.2. The van der Waals surface area contributed by atoms with E-state index < -0.39 is 0 Å². The maximum Gasteiger partial charge on any atom is 0.318 e. The molecule has 0 aliphatic carbocycles. The number of benzene rings is 1. The Labute approximate surface area is 136 Å². The molecule has 1 N–H and O–H groups in total. The second-order valence-corrected chi connectivity index (χ2v) is 5.83. The number of nitrogens with zero attached hydrogens (tertiary/aromatic N) is 3. The number of carbonyl (C=O) groups excluding carboxylic acids is 1. The Morgan fingerprint density at radius 2 is 2.22 bits per heavy atom. The van der Waals surface area contributed by atoms with Crippen LogP contribution in [-0.2, 0) is 13.6 Å². The van der Waals surface area contributed by atoms with Crippen LogP contribution in [0.25, 0.3) is 6.08 Å². The monoisotopic (exact) mass is 310 g/mol. The second kappa shape index (κ2) is 7.13. The van der Waals surface area contributed by atoms with Gasteiger partial charge in [0, 0.05) is 19.8 Å². The first-order valence-electron chi connectivity index (χ1n) is 7.97. The molecule has 3 rings (SSSR count). The van der Waals surface area contributed by atoms with Gasteiger partial charge in [-0.05, 0) is 18.4 Å². The lowest BCUT2D eigenvalue weighted by molar-refractivity contribution is 0.200. The second-order valence-electron chi connectivity index (χ2n) is 5.83. The Balaban J connectivity index is 1.58. The van der Waals surface area contributed by atoms with E-state index in [1.807, 2.05) is 34.7 Å². The van der Waals surface area contributed by atoms with Gasteiger partial charge in [-0.3, -0.25) is 0 Å². The van der Waals surface area contributed by atoms with Crippen molar-refractivity contribution in [2.75, 3.05) is 6.54 Å². The minimum Gasteiger partial charge on any atom is -0.336 e. The van der Waals surface area contributed by atoms with Crippen LogP contribution in [0.4, 0.5) is 4.79 Å². The third-order valence-corrected chi connectivity index (χ3v) is 4.21. The van der Waals surface area contributed by atoms with Gasteiger partial charge in [0.2, 0.25) is 0 Å². The molecule has 0 spiro atoms. The van der Waals surface area contributed by atoms with Crippen LogP contribution in [0.15, 0.2) is 48.9 Å². The van der Waals surface area contributed by atoms with E-state index in [0.717, 1.165) is 30.6 Å². The summed E-state index contributed by atoms with van der Waals surface area (Å²) in [5.41, 5.74) is 2.16. The number of imidazole rings is 1. The van der Waals surface area contributed by atoms with Gasteiger partial charge in [-0.15, -0.1) is 0 Å². The minimum atomic E-state index is -0.00795. The lowest BCUT2D eigenvalue weighted by Crippen LogP contribution is -2.42. The Morgan fingerprint density at radius 3 is 2.96 bits per heavy atom. The summed E-state index contributed by atoms with van der Waals surface area (Å²) in [4.78, 5) is 18.4. The molecule has 5 heteroatoms. The third kappa shape index (κ3) is 3.80. The van der Waals surface area contributed by atoms with Crippen molar-refractivity contribution in [3.8, 4) is 0 Å². The SMILES string of the molecule is Cn1cncc1CNC(=O)N1CCCC1/C=C/c1ccccc1. The summed E-state index contributed by atoms with van der Waals surface area (Å²) in [6, 6.07) is 10.3. The molecule has 120 valence electrons. The molecule has 2 aromatic rings. The number of rotatable bonds is 4. The molecule has 23 heavy (non-hydrogen) atoms. The Kier molecular flexibility index (Phi) is 4.76. The zero-order chi connectivity index (χ0) is 16.1. The maximum atomic E-state index is 12.4. The Bertz CT molecular complexity index is 677. The molecule has 0 radical (unpaired) electrons. The molecular formula is C18H22N4O. The Hall–Kier alpha value is -2.56. The van der Waals surface area contributed by atoms with Crippen LogP contribution < -0.4 is 5.32 Å². The summed E-state index contributed by atoms with van der Waals surface area (Å²) < 4.78 is 1.91. The number of hydrogen-bond donors (Lipinski definition) is 1. The number of hydrogen-bond acceptors (Lipinski definition) is 2. The number of urea groups is 1. The van der Waals surface area contributed by atoms with Crippen LogP contribution in [0.3, 0.4) is 0 Å². The summed E-state index contributed by atoms with van der Waals surface area (Å²) >= 11 is 0. The van der Waals surface area contributed by atoms with Crippen LogP contribution in [0.5, 0.6) is 0 Å². The molecular weight excluding hydrogens is 288 g/mol. The van der Waals surface area contributed by atoms with Crippen molar-refractivity contribution in [2.45, 2.75) is 25.4 Å². The lowest BCUT2D eigenvalue weighted by atomic mass is 10.1. The van der Waals surface area contributed by atoms with E-state index in [2.05, 4.69) is 34.6 Å². The molecule has 0 saturated carbocycles. The number of likely N-dealkylation sites (tertiary alicyclic amines) is 1. The van der Waals surface area contributed by atoms with Gasteiger partial charge in [-0.25, -0.2) is 9.78 Å². The van der Waals surface area contributed by atoms with E-state index in [4.69, 9.17) is 0 Å². The van der Waals surface area contributed by atoms with Gasteiger partial charge in [0.15, 0.2) is 0 Å². The predicted molar refractivity (Wildman–Crippen MR) is 90.6 cm³/mol. The predicted octanol–water partition coefficient (Wildman–Crippen LogP) is 2.81. The van der Waals surface area contributed by atoms with Crippen LogP contribution >= 0.6 is 0 Å². The number of amides is 2. The summed E-state index contributed by atoms with van der Waals surface area (Å²) in [6.45, 7) is 1.31. The zero-order valence-corrected chi connectivity index (χ0v) is 13.4. The topological polar surface area (TPSA) is 50.2 Å². The lowest BCUT2D eigenvalue weighted by Gasteiger charge is -2.22. The summed E-state index contributed by atoms with van der Waals surface area (Å²) in [5.74, 6) is 0. The molecule has 1 atom stereocenters. The number of aromatic nitrogens is 2. The number of nitrogens with one attached hydrogen (secondary N) is 1. The van der Waals surface area contributed by atoms with Crippen molar-refractivity contribution in [3.63, 3.8) is 0 Å². The van der Waals surface area contributed by atoms with Gasteiger partial charge in [0.05, 0.1) is 24.6 Å². The average molecular weight is 310 g/mol. The van der Waals surface area contributed by atoms with Gasteiger partial charge in [0.1, 0.15) is 0 Å². The fraction of sp³-hybridized carbons (Fsp3) is 0.333. The van der Waals surface area contributed by atoms with Crippen molar-refractivity contribution in [1.82, 2.24) is 19.8 Å². The quantitative estimate of drug-likeness (QED) is 0.944. The minimum absolute atomic E-state index is 0.00795. The van der Waals surface area contributed by atoms with E-state index in [1.165, 1.54) is 0 Å². The molecule has 1 aliphatic rings. The number of carbonyl (C=O) groups is 1. The molecule has 1 aliphatic heterocycles. The van der Waals surface area contributed by atoms with Crippen LogP contribution in [0.2, 0.25) is 0 Å². The van der Waals surface area contributed by atoms with Gasteiger partial charge < -0.3 is 14.8 Å². The van der Waals surface area contributed by atoms with Crippen LogP contribution in [-0.4, -0.2) is 33.1 Å². The first-order chi connectivity index (χ1) is 11.2. The van der Waals surface area contributed by atoms with Crippen LogP contribution in [0.1, 0.15) is 24.1 Å².